The standard InChI is InChI=1S/C12H20O3/c1-3-13-12(14-4-2)9-10-7-5-6-8-11(10)15-12/h9,11H,3-8H2,1-2H3/t11-/m0/s1. The van der Waals surface area contributed by atoms with Crippen molar-refractivity contribution in [2.75, 3.05) is 13.2 Å². The highest BCUT2D eigenvalue weighted by Gasteiger charge is 2.42. The van der Waals surface area contributed by atoms with Crippen molar-refractivity contribution in [2.24, 2.45) is 0 Å². The van der Waals surface area contributed by atoms with Gasteiger partial charge in [0.25, 0.3) is 0 Å². The average Bonchev–Trinajstić information content (AvgIpc) is 2.56. The van der Waals surface area contributed by atoms with Gasteiger partial charge in [0.2, 0.25) is 0 Å². The summed E-state index contributed by atoms with van der Waals surface area (Å²) in [5.41, 5.74) is 1.36. The summed E-state index contributed by atoms with van der Waals surface area (Å²) in [4.78, 5) is 0. The van der Waals surface area contributed by atoms with Gasteiger partial charge in [0.05, 0.1) is 6.10 Å². The maximum Gasteiger partial charge on any atom is 0.305 e. The summed E-state index contributed by atoms with van der Waals surface area (Å²) in [6, 6.07) is 0. The monoisotopic (exact) mass is 212 g/mol. The molecule has 1 fully saturated rings. The number of hydrogen-bond donors (Lipinski definition) is 0. The van der Waals surface area contributed by atoms with Gasteiger partial charge in [-0.2, -0.15) is 0 Å². The second-order valence-electron chi connectivity index (χ2n) is 4.04. The van der Waals surface area contributed by atoms with Crippen molar-refractivity contribution in [2.45, 2.75) is 51.6 Å². The lowest BCUT2D eigenvalue weighted by Crippen LogP contribution is -2.36. The Bertz CT molecular complexity index is 241. The van der Waals surface area contributed by atoms with Crippen molar-refractivity contribution in [3.05, 3.63) is 11.6 Å². The lowest BCUT2D eigenvalue weighted by molar-refractivity contribution is -0.348. The molecule has 0 aromatic carbocycles. The van der Waals surface area contributed by atoms with Gasteiger partial charge >= 0.3 is 5.97 Å². The van der Waals surface area contributed by atoms with Crippen molar-refractivity contribution in [3.8, 4) is 0 Å². The summed E-state index contributed by atoms with van der Waals surface area (Å²) in [5.74, 6) is -0.881. The molecule has 0 amide bonds. The third-order valence-corrected chi connectivity index (χ3v) is 2.96. The summed E-state index contributed by atoms with van der Waals surface area (Å²) < 4.78 is 17.1. The minimum absolute atomic E-state index is 0.233. The molecule has 15 heavy (non-hydrogen) atoms. The number of rotatable bonds is 4. The van der Waals surface area contributed by atoms with Crippen molar-refractivity contribution in [3.63, 3.8) is 0 Å². The molecule has 1 aliphatic carbocycles. The zero-order chi connectivity index (χ0) is 10.7. The van der Waals surface area contributed by atoms with E-state index in [1.54, 1.807) is 0 Å². The Balaban J connectivity index is 2.10. The van der Waals surface area contributed by atoms with E-state index < -0.39 is 5.97 Å². The molecule has 1 aliphatic heterocycles. The molecule has 1 atom stereocenters. The van der Waals surface area contributed by atoms with Crippen molar-refractivity contribution in [1.29, 1.82) is 0 Å². The Hall–Kier alpha value is -0.380. The van der Waals surface area contributed by atoms with Crippen LogP contribution in [0.3, 0.4) is 0 Å². The molecular formula is C12H20O3. The minimum atomic E-state index is -0.881. The number of hydrogen-bond acceptors (Lipinski definition) is 3. The van der Waals surface area contributed by atoms with Crippen LogP contribution in [-0.4, -0.2) is 25.3 Å². The van der Waals surface area contributed by atoms with E-state index in [2.05, 4.69) is 0 Å². The second-order valence-corrected chi connectivity index (χ2v) is 4.04. The first-order valence-electron chi connectivity index (χ1n) is 5.97. The molecular weight excluding hydrogens is 192 g/mol. The summed E-state index contributed by atoms with van der Waals surface area (Å²) in [6.07, 6.45) is 7.03. The SMILES string of the molecule is CCOC1(OCC)C=C2CCCC[C@@H]2O1. The van der Waals surface area contributed by atoms with E-state index in [4.69, 9.17) is 14.2 Å². The van der Waals surface area contributed by atoms with Crippen LogP contribution in [0.25, 0.3) is 0 Å². The van der Waals surface area contributed by atoms with Crippen LogP contribution in [0, 0.1) is 0 Å². The van der Waals surface area contributed by atoms with Gasteiger partial charge in [-0.3, -0.25) is 0 Å². The quantitative estimate of drug-likeness (QED) is 0.529. The van der Waals surface area contributed by atoms with Gasteiger partial charge in [-0.05, 0) is 38.7 Å². The van der Waals surface area contributed by atoms with Gasteiger partial charge < -0.3 is 14.2 Å². The lowest BCUT2D eigenvalue weighted by Gasteiger charge is -2.28. The molecule has 2 aliphatic rings. The van der Waals surface area contributed by atoms with E-state index >= 15 is 0 Å². The van der Waals surface area contributed by atoms with Crippen LogP contribution in [0.1, 0.15) is 39.5 Å². The highest BCUT2D eigenvalue weighted by Crippen LogP contribution is 2.38. The van der Waals surface area contributed by atoms with Gasteiger partial charge in [0.1, 0.15) is 0 Å². The van der Waals surface area contributed by atoms with Gasteiger partial charge in [-0.15, -0.1) is 0 Å². The fourth-order valence-corrected chi connectivity index (χ4v) is 2.36. The predicted molar refractivity (Wildman–Crippen MR) is 57.4 cm³/mol. The lowest BCUT2D eigenvalue weighted by atomic mass is 9.93. The van der Waals surface area contributed by atoms with Crippen LogP contribution in [-0.2, 0) is 14.2 Å². The zero-order valence-corrected chi connectivity index (χ0v) is 9.62. The zero-order valence-electron chi connectivity index (χ0n) is 9.62. The van der Waals surface area contributed by atoms with Crippen LogP contribution in [0.4, 0.5) is 0 Å². The number of ether oxygens (including phenoxy) is 3. The summed E-state index contributed by atoms with van der Waals surface area (Å²) in [7, 11) is 0. The van der Waals surface area contributed by atoms with E-state index in [0.717, 1.165) is 12.8 Å². The molecule has 0 N–H and O–H groups in total. The average molecular weight is 212 g/mol. The van der Waals surface area contributed by atoms with Gasteiger partial charge in [-0.25, -0.2) is 0 Å². The molecule has 3 heteroatoms. The van der Waals surface area contributed by atoms with Crippen LogP contribution in [0.5, 0.6) is 0 Å². The first kappa shape index (κ1) is 11.1. The Morgan fingerprint density at radius 2 is 2.07 bits per heavy atom. The fourth-order valence-electron chi connectivity index (χ4n) is 2.36. The highest BCUT2D eigenvalue weighted by atomic mass is 16.9. The van der Waals surface area contributed by atoms with Crippen molar-refractivity contribution in [1.82, 2.24) is 0 Å². The minimum Gasteiger partial charge on any atom is -0.324 e. The third kappa shape index (κ3) is 2.25. The van der Waals surface area contributed by atoms with Crippen LogP contribution >= 0.6 is 0 Å². The second kappa shape index (κ2) is 4.64. The largest absolute Gasteiger partial charge is 0.324 e. The molecule has 0 spiro atoms. The molecule has 0 bridgehead atoms. The van der Waals surface area contributed by atoms with Crippen LogP contribution < -0.4 is 0 Å². The third-order valence-electron chi connectivity index (χ3n) is 2.96. The van der Waals surface area contributed by atoms with Crippen LogP contribution in [0.2, 0.25) is 0 Å². The van der Waals surface area contributed by atoms with Gasteiger partial charge in [0.15, 0.2) is 0 Å². The molecule has 0 saturated heterocycles. The fraction of sp³-hybridized carbons (Fsp3) is 0.833. The molecule has 0 unspecified atom stereocenters. The van der Waals surface area contributed by atoms with E-state index in [9.17, 15) is 0 Å². The van der Waals surface area contributed by atoms with Crippen molar-refractivity contribution >= 4 is 0 Å². The summed E-state index contributed by atoms with van der Waals surface area (Å²) >= 11 is 0. The highest BCUT2D eigenvalue weighted by molar-refractivity contribution is 5.19. The van der Waals surface area contributed by atoms with E-state index in [-0.39, 0.29) is 6.10 Å². The van der Waals surface area contributed by atoms with Gasteiger partial charge in [-0.1, -0.05) is 6.42 Å². The summed E-state index contributed by atoms with van der Waals surface area (Å²) in [5, 5.41) is 0. The molecule has 1 saturated carbocycles. The summed E-state index contributed by atoms with van der Waals surface area (Å²) in [6.45, 7) is 5.14. The van der Waals surface area contributed by atoms with E-state index in [1.165, 1.54) is 18.4 Å². The molecule has 3 nitrogen and oxygen atoms in total. The normalized spacial score (nSPS) is 28.7. The molecule has 1 heterocycles. The predicted octanol–water partition coefficient (Wildman–Crippen LogP) is 2.61. The van der Waals surface area contributed by atoms with E-state index in [0.29, 0.717) is 13.2 Å². The molecule has 0 radical (unpaired) electrons. The molecule has 2 rings (SSSR count). The molecule has 86 valence electrons. The Labute approximate surface area is 91.4 Å². The maximum atomic E-state index is 5.90. The Morgan fingerprint density at radius 3 is 2.67 bits per heavy atom. The van der Waals surface area contributed by atoms with Crippen LogP contribution in [0.15, 0.2) is 11.6 Å². The molecule has 0 aromatic rings. The maximum absolute atomic E-state index is 5.90. The molecule has 0 aromatic heterocycles. The Morgan fingerprint density at radius 1 is 1.33 bits per heavy atom. The van der Waals surface area contributed by atoms with E-state index in [1.807, 2.05) is 19.9 Å². The smallest absolute Gasteiger partial charge is 0.305 e. The number of fused-ring (bicyclic) bond motifs is 1. The Kier molecular flexibility index (Phi) is 3.44. The first-order valence-corrected chi connectivity index (χ1v) is 5.97. The van der Waals surface area contributed by atoms with Crippen molar-refractivity contribution < 1.29 is 14.2 Å². The topological polar surface area (TPSA) is 27.7 Å². The first-order chi connectivity index (χ1) is 7.29. The van der Waals surface area contributed by atoms with Gasteiger partial charge in [0, 0.05) is 19.3 Å².